The van der Waals surface area contributed by atoms with Crippen LogP contribution < -0.4 is 15.8 Å². The monoisotopic (exact) mass is 412 g/mol. The average Bonchev–Trinajstić information content (AvgIpc) is 2.45. The molecule has 2 rings (SSSR count). The second kappa shape index (κ2) is 7.59. The van der Waals surface area contributed by atoms with E-state index in [0.717, 1.165) is 8.95 Å². The number of rotatable bonds is 5. The zero-order valence-electron chi connectivity index (χ0n) is 11.1. The molecule has 0 bridgehead atoms. The van der Waals surface area contributed by atoms with Crippen LogP contribution in [0.15, 0.2) is 51.4 Å². The normalized spacial score (nSPS) is 10.2. The molecule has 1 amide bonds. The van der Waals surface area contributed by atoms with E-state index >= 15 is 0 Å². The third-order valence-electron chi connectivity index (χ3n) is 2.65. The molecule has 0 saturated carbocycles. The van der Waals surface area contributed by atoms with Gasteiger partial charge in [-0.15, -0.1) is 0 Å². The number of amides is 1. The van der Waals surface area contributed by atoms with Gasteiger partial charge in [0.2, 0.25) is 0 Å². The SMILES string of the molecule is NCCOc1cccc(NC(=O)c2ccc(Br)cc2Br)c1. The number of ether oxygens (including phenoxy) is 1. The lowest BCUT2D eigenvalue weighted by Crippen LogP contribution is -2.13. The number of nitrogens with one attached hydrogen (secondary N) is 1. The van der Waals surface area contributed by atoms with E-state index in [9.17, 15) is 4.79 Å². The van der Waals surface area contributed by atoms with Crippen molar-refractivity contribution >= 4 is 43.5 Å². The molecule has 0 aliphatic heterocycles. The van der Waals surface area contributed by atoms with Crippen LogP contribution in [0.1, 0.15) is 10.4 Å². The first-order valence-corrected chi connectivity index (χ1v) is 7.88. The van der Waals surface area contributed by atoms with E-state index in [1.807, 2.05) is 24.3 Å². The summed E-state index contributed by atoms with van der Waals surface area (Å²) in [6.45, 7) is 0.887. The van der Waals surface area contributed by atoms with Gasteiger partial charge in [0.05, 0.1) is 5.56 Å². The maximum Gasteiger partial charge on any atom is 0.256 e. The van der Waals surface area contributed by atoms with E-state index in [2.05, 4.69) is 37.2 Å². The zero-order chi connectivity index (χ0) is 15.2. The summed E-state index contributed by atoms with van der Waals surface area (Å²) < 4.78 is 7.06. The molecule has 21 heavy (non-hydrogen) atoms. The third kappa shape index (κ3) is 4.56. The number of anilines is 1. The second-order valence-electron chi connectivity index (χ2n) is 4.24. The number of hydrogen-bond donors (Lipinski definition) is 2. The Morgan fingerprint density at radius 1 is 1.19 bits per heavy atom. The molecular weight excluding hydrogens is 400 g/mol. The Morgan fingerprint density at radius 3 is 2.71 bits per heavy atom. The van der Waals surface area contributed by atoms with E-state index in [-0.39, 0.29) is 5.91 Å². The fourth-order valence-electron chi connectivity index (χ4n) is 1.71. The van der Waals surface area contributed by atoms with Crippen LogP contribution >= 0.6 is 31.9 Å². The number of halogens is 2. The standard InChI is InChI=1S/C15H14Br2N2O2/c16-10-4-5-13(14(17)8-10)15(20)19-11-2-1-3-12(9-11)21-7-6-18/h1-5,8-9H,6-7,18H2,(H,19,20). The Labute approximate surface area is 139 Å². The van der Waals surface area contributed by atoms with Gasteiger partial charge >= 0.3 is 0 Å². The maximum absolute atomic E-state index is 12.3. The van der Waals surface area contributed by atoms with Crippen LogP contribution in [0.4, 0.5) is 5.69 Å². The topological polar surface area (TPSA) is 64.3 Å². The molecule has 0 fully saturated rings. The first kappa shape index (κ1) is 16.0. The second-order valence-corrected chi connectivity index (χ2v) is 6.01. The summed E-state index contributed by atoms with van der Waals surface area (Å²) in [6.07, 6.45) is 0. The summed E-state index contributed by atoms with van der Waals surface area (Å²) in [5.41, 5.74) is 6.63. The summed E-state index contributed by atoms with van der Waals surface area (Å²) in [5.74, 6) is 0.485. The largest absolute Gasteiger partial charge is 0.492 e. The molecule has 0 unspecified atom stereocenters. The van der Waals surface area contributed by atoms with Crippen molar-refractivity contribution in [3.05, 3.63) is 57.0 Å². The summed E-state index contributed by atoms with van der Waals surface area (Å²) in [4.78, 5) is 12.3. The third-order valence-corrected chi connectivity index (χ3v) is 3.80. The number of carbonyl (C=O) groups is 1. The minimum Gasteiger partial charge on any atom is -0.492 e. The molecule has 0 heterocycles. The van der Waals surface area contributed by atoms with Crippen LogP contribution in [0.25, 0.3) is 0 Å². The van der Waals surface area contributed by atoms with Crippen molar-refractivity contribution in [2.45, 2.75) is 0 Å². The van der Waals surface area contributed by atoms with E-state index in [1.54, 1.807) is 18.2 Å². The van der Waals surface area contributed by atoms with E-state index in [4.69, 9.17) is 10.5 Å². The van der Waals surface area contributed by atoms with Gasteiger partial charge in [0, 0.05) is 27.2 Å². The van der Waals surface area contributed by atoms with Gasteiger partial charge in [-0.2, -0.15) is 0 Å². The molecule has 4 nitrogen and oxygen atoms in total. The number of carbonyl (C=O) groups excluding carboxylic acids is 1. The van der Waals surface area contributed by atoms with Crippen LogP contribution in [0, 0.1) is 0 Å². The van der Waals surface area contributed by atoms with Gasteiger partial charge in [0.25, 0.3) is 5.91 Å². The lowest BCUT2D eigenvalue weighted by molar-refractivity contribution is 0.102. The molecule has 6 heteroatoms. The van der Waals surface area contributed by atoms with Gasteiger partial charge in [-0.25, -0.2) is 0 Å². The van der Waals surface area contributed by atoms with Crippen LogP contribution in [0.3, 0.4) is 0 Å². The predicted molar refractivity (Wildman–Crippen MR) is 90.8 cm³/mol. The molecule has 2 aromatic rings. The molecule has 2 aromatic carbocycles. The Bertz CT molecular complexity index is 647. The quantitative estimate of drug-likeness (QED) is 0.783. The molecule has 0 aromatic heterocycles. The van der Waals surface area contributed by atoms with Crippen LogP contribution in [-0.2, 0) is 0 Å². The molecular formula is C15H14Br2N2O2. The Balaban J connectivity index is 2.12. The highest BCUT2D eigenvalue weighted by atomic mass is 79.9. The van der Waals surface area contributed by atoms with Crippen molar-refractivity contribution in [3.8, 4) is 5.75 Å². The van der Waals surface area contributed by atoms with Gasteiger partial charge in [-0.3, -0.25) is 4.79 Å². The van der Waals surface area contributed by atoms with Gasteiger partial charge in [0.1, 0.15) is 12.4 Å². The first-order valence-electron chi connectivity index (χ1n) is 6.29. The molecule has 3 N–H and O–H groups in total. The molecule has 0 spiro atoms. The minimum atomic E-state index is -0.189. The average molecular weight is 414 g/mol. The van der Waals surface area contributed by atoms with Crippen molar-refractivity contribution in [3.63, 3.8) is 0 Å². The Kier molecular flexibility index (Phi) is 5.78. The molecule has 0 saturated heterocycles. The highest BCUT2D eigenvalue weighted by Crippen LogP contribution is 2.24. The lowest BCUT2D eigenvalue weighted by Gasteiger charge is -2.09. The maximum atomic E-state index is 12.3. The molecule has 0 aliphatic carbocycles. The Morgan fingerprint density at radius 2 is 2.00 bits per heavy atom. The lowest BCUT2D eigenvalue weighted by atomic mass is 10.2. The van der Waals surface area contributed by atoms with Crippen molar-refractivity contribution < 1.29 is 9.53 Å². The molecule has 0 aliphatic rings. The fraction of sp³-hybridized carbons (Fsp3) is 0.133. The summed E-state index contributed by atoms with van der Waals surface area (Å²) >= 11 is 6.74. The highest BCUT2D eigenvalue weighted by Gasteiger charge is 2.10. The summed E-state index contributed by atoms with van der Waals surface area (Å²) in [6, 6.07) is 12.6. The van der Waals surface area contributed by atoms with E-state index in [1.165, 1.54) is 0 Å². The smallest absolute Gasteiger partial charge is 0.256 e. The number of benzene rings is 2. The van der Waals surface area contributed by atoms with Crippen molar-refractivity contribution in [1.82, 2.24) is 0 Å². The van der Waals surface area contributed by atoms with Crippen molar-refractivity contribution in [2.24, 2.45) is 5.73 Å². The predicted octanol–water partition coefficient (Wildman–Crippen LogP) is 3.80. The van der Waals surface area contributed by atoms with Gasteiger partial charge in [-0.1, -0.05) is 22.0 Å². The van der Waals surface area contributed by atoms with Gasteiger partial charge in [-0.05, 0) is 46.3 Å². The molecule has 110 valence electrons. The van der Waals surface area contributed by atoms with Crippen LogP contribution in [-0.4, -0.2) is 19.1 Å². The van der Waals surface area contributed by atoms with Crippen molar-refractivity contribution in [2.75, 3.05) is 18.5 Å². The first-order chi connectivity index (χ1) is 10.1. The van der Waals surface area contributed by atoms with Crippen LogP contribution in [0.5, 0.6) is 5.75 Å². The van der Waals surface area contributed by atoms with Gasteiger partial charge in [0.15, 0.2) is 0 Å². The molecule has 0 radical (unpaired) electrons. The zero-order valence-corrected chi connectivity index (χ0v) is 14.3. The van der Waals surface area contributed by atoms with Crippen molar-refractivity contribution in [1.29, 1.82) is 0 Å². The molecule has 0 atom stereocenters. The van der Waals surface area contributed by atoms with Crippen LogP contribution in [0.2, 0.25) is 0 Å². The number of hydrogen-bond acceptors (Lipinski definition) is 3. The van der Waals surface area contributed by atoms with E-state index in [0.29, 0.717) is 30.2 Å². The number of nitrogens with two attached hydrogens (primary N) is 1. The Hall–Kier alpha value is -1.37. The highest BCUT2D eigenvalue weighted by molar-refractivity contribution is 9.11. The van der Waals surface area contributed by atoms with E-state index < -0.39 is 0 Å². The minimum absolute atomic E-state index is 0.189. The van der Waals surface area contributed by atoms with Gasteiger partial charge < -0.3 is 15.8 Å². The fourth-order valence-corrected chi connectivity index (χ4v) is 2.94. The summed E-state index contributed by atoms with van der Waals surface area (Å²) in [7, 11) is 0. The summed E-state index contributed by atoms with van der Waals surface area (Å²) in [5, 5.41) is 2.84.